The topological polar surface area (TPSA) is 41.6 Å². The molecule has 24 heavy (non-hydrogen) atoms. The fourth-order valence-electron chi connectivity index (χ4n) is 2.88. The molecule has 1 N–H and O–H groups in total. The summed E-state index contributed by atoms with van der Waals surface area (Å²) in [5, 5.41) is 6.98. The minimum atomic E-state index is -0.249. The number of halogens is 1. The molecule has 1 atom stereocenters. The number of ether oxygens (including phenoxy) is 1. The van der Waals surface area contributed by atoms with Crippen LogP contribution in [0.15, 0.2) is 41.1 Å². The van der Waals surface area contributed by atoms with Crippen molar-refractivity contribution in [1.29, 1.82) is 0 Å². The third-order valence-electron chi connectivity index (χ3n) is 4.18. The molecule has 2 heterocycles. The highest BCUT2D eigenvalue weighted by Gasteiger charge is 2.23. The molecule has 128 valence electrons. The first kappa shape index (κ1) is 17.1. The van der Waals surface area contributed by atoms with Crippen LogP contribution in [0.1, 0.15) is 17.2 Å². The number of benzene rings is 1. The van der Waals surface area contributed by atoms with Crippen LogP contribution in [0.4, 0.5) is 4.39 Å². The van der Waals surface area contributed by atoms with Crippen molar-refractivity contribution in [3.05, 3.63) is 58.0 Å². The first-order chi connectivity index (χ1) is 11.7. The second-order valence-electron chi connectivity index (χ2n) is 5.83. The van der Waals surface area contributed by atoms with Gasteiger partial charge >= 0.3 is 0 Å². The molecule has 0 saturated carbocycles. The van der Waals surface area contributed by atoms with E-state index in [4.69, 9.17) is 4.74 Å². The van der Waals surface area contributed by atoms with Crippen molar-refractivity contribution in [3.63, 3.8) is 0 Å². The summed E-state index contributed by atoms with van der Waals surface area (Å²) in [4.78, 5) is 14.5. The van der Waals surface area contributed by atoms with E-state index in [0.717, 1.165) is 24.2 Å². The number of thiophene rings is 1. The van der Waals surface area contributed by atoms with Gasteiger partial charge in [-0.1, -0.05) is 12.1 Å². The predicted octanol–water partition coefficient (Wildman–Crippen LogP) is 2.62. The molecule has 1 aromatic heterocycles. The van der Waals surface area contributed by atoms with Gasteiger partial charge in [-0.2, -0.15) is 11.3 Å². The number of rotatable bonds is 6. The lowest BCUT2D eigenvalue weighted by Crippen LogP contribution is -2.44. The van der Waals surface area contributed by atoms with Crippen molar-refractivity contribution in [3.8, 4) is 0 Å². The molecule has 1 saturated heterocycles. The van der Waals surface area contributed by atoms with Crippen LogP contribution in [0.5, 0.6) is 0 Å². The Kier molecular flexibility index (Phi) is 5.96. The zero-order valence-electron chi connectivity index (χ0n) is 13.4. The zero-order chi connectivity index (χ0) is 16.8. The Hall–Kier alpha value is -1.76. The smallest absolute Gasteiger partial charge is 0.224 e. The highest BCUT2D eigenvalue weighted by molar-refractivity contribution is 7.07. The Morgan fingerprint density at radius 3 is 2.67 bits per heavy atom. The summed E-state index contributed by atoms with van der Waals surface area (Å²) in [7, 11) is 0. The molecule has 1 aliphatic heterocycles. The molecule has 1 amide bonds. The average molecular weight is 348 g/mol. The van der Waals surface area contributed by atoms with Gasteiger partial charge in [-0.05, 0) is 40.1 Å². The molecule has 1 fully saturated rings. The van der Waals surface area contributed by atoms with Crippen LogP contribution < -0.4 is 5.32 Å². The van der Waals surface area contributed by atoms with Crippen molar-refractivity contribution in [2.45, 2.75) is 12.5 Å². The zero-order valence-corrected chi connectivity index (χ0v) is 14.2. The molecule has 0 bridgehead atoms. The van der Waals surface area contributed by atoms with E-state index in [1.165, 1.54) is 12.1 Å². The number of nitrogens with one attached hydrogen (secondary N) is 1. The predicted molar refractivity (Wildman–Crippen MR) is 92.6 cm³/mol. The van der Waals surface area contributed by atoms with Gasteiger partial charge in [0.2, 0.25) is 5.91 Å². The molecule has 1 aliphatic rings. The van der Waals surface area contributed by atoms with E-state index in [1.54, 1.807) is 23.5 Å². The van der Waals surface area contributed by atoms with Gasteiger partial charge in [0, 0.05) is 19.6 Å². The largest absolute Gasteiger partial charge is 0.379 e. The number of nitrogens with zero attached hydrogens (tertiary/aromatic N) is 1. The Bertz CT molecular complexity index is 640. The van der Waals surface area contributed by atoms with E-state index in [9.17, 15) is 9.18 Å². The molecule has 2 aromatic rings. The van der Waals surface area contributed by atoms with Crippen molar-refractivity contribution in [1.82, 2.24) is 10.2 Å². The van der Waals surface area contributed by atoms with Gasteiger partial charge in [0.15, 0.2) is 0 Å². The summed E-state index contributed by atoms with van der Waals surface area (Å²) < 4.78 is 18.6. The van der Waals surface area contributed by atoms with Gasteiger partial charge in [0.05, 0.1) is 25.7 Å². The van der Waals surface area contributed by atoms with Crippen LogP contribution in [0.2, 0.25) is 0 Å². The van der Waals surface area contributed by atoms with Gasteiger partial charge in [-0.3, -0.25) is 9.69 Å². The molecule has 6 heteroatoms. The molecule has 0 spiro atoms. The highest BCUT2D eigenvalue weighted by atomic mass is 32.1. The quantitative estimate of drug-likeness (QED) is 0.873. The monoisotopic (exact) mass is 348 g/mol. The summed E-state index contributed by atoms with van der Waals surface area (Å²) in [6.07, 6.45) is 0.392. The molecule has 0 unspecified atom stereocenters. The van der Waals surface area contributed by atoms with E-state index in [1.807, 2.05) is 16.8 Å². The summed E-state index contributed by atoms with van der Waals surface area (Å²) in [6.45, 7) is 3.49. The Morgan fingerprint density at radius 1 is 1.25 bits per heavy atom. The SMILES string of the molecule is O=C(Cc1ccsc1)NC[C@@H](c1ccc(F)cc1)N1CCOCC1. The third kappa shape index (κ3) is 4.63. The van der Waals surface area contributed by atoms with Gasteiger partial charge in [-0.15, -0.1) is 0 Å². The molecule has 0 radical (unpaired) electrons. The summed E-state index contributed by atoms with van der Waals surface area (Å²) in [5.41, 5.74) is 2.04. The van der Waals surface area contributed by atoms with Crippen LogP contribution in [-0.4, -0.2) is 43.7 Å². The number of hydrogen-bond acceptors (Lipinski definition) is 4. The average Bonchev–Trinajstić information content (AvgIpc) is 3.10. The second kappa shape index (κ2) is 8.37. The van der Waals surface area contributed by atoms with Gasteiger partial charge in [-0.25, -0.2) is 4.39 Å². The molecule has 1 aromatic carbocycles. The van der Waals surface area contributed by atoms with Crippen molar-refractivity contribution in [2.24, 2.45) is 0 Å². The van der Waals surface area contributed by atoms with Gasteiger partial charge < -0.3 is 10.1 Å². The molecular formula is C18H21FN2O2S. The van der Waals surface area contributed by atoms with Crippen LogP contribution >= 0.6 is 11.3 Å². The van der Waals surface area contributed by atoms with Crippen molar-refractivity contribution in [2.75, 3.05) is 32.8 Å². The highest BCUT2D eigenvalue weighted by Crippen LogP contribution is 2.21. The molecule has 0 aliphatic carbocycles. The first-order valence-corrected chi connectivity index (χ1v) is 9.01. The summed E-state index contributed by atoms with van der Waals surface area (Å²) >= 11 is 1.59. The van der Waals surface area contributed by atoms with Gasteiger partial charge in [0.25, 0.3) is 0 Å². The number of carbonyl (C=O) groups excluding carboxylic acids is 1. The van der Waals surface area contributed by atoms with E-state index in [-0.39, 0.29) is 17.8 Å². The molecular weight excluding hydrogens is 327 g/mol. The van der Waals surface area contributed by atoms with Crippen LogP contribution in [-0.2, 0) is 16.0 Å². The lowest BCUT2D eigenvalue weighted by Gasteiger charge is -2.35. The fourth-order valence-corrected chi connectivity index (χ4v) is 3.55. The fraction of sp³-hybridized carbons (Fsp3) is 0.389. The molecule has 4 nitrogen and oxygen atoms in total. The van der Waals surface area contributed by atoms with E-state index in [2.05, 4.69) is 10.2 Å². The maximum atomic E-state index is 13.2. The number of morpholine rings is 1. The third-order valence-corrected chi connectivity index (χ3v) is 4.91. The van der Waals surface area contributed by atoms with Crippen LogP contribution in [0.3, 0.4) is 0 Å². The maximum absolute atomic E-state index is 13.2. The van der Waals surface area contributed by atoms with Crippen LogP contribution in [0, 0.1) is 5.82 Å². The Labute approximate surface area is 145 Å². The molecule has 3 rings (SSSR count). The Morgan fingerprint density at radius 2 is 2.00 bits per heavy atom. The minimum absolute atomic E-state index is 0.00812. The second-order valence-corrected chi connectivity index (χ2v) is 6.61. The number of carbonyl (C=O) groups is 1. The minimum Gasteiger partial charge on any atom is -0.379 e. The first-order valence-electron chi connectivity index (χ1n) is 8.07. The van der Waals surface area contributed by atoms with Crippen LogP contribution in [0.25, 0.3) is 0 Å². The van der Waals surface area contributed by atoms with Crippen molar-refractivity contribution < 1.29 is 13.9 Å². The lowest BCUT2D eigenvalue weighted by molar-refractivity contribution is -0.120. The normalized spacial score (nSPS) is 16.7. The number of hydrogen-bond donors (Lipinski definition) is 1. The maximum Gasteiger partial charge on any atom is 0.224 e. The standard InChI is InChI=1S/C18H21FN2O2S/c19-16-3-1-15(2-4-16)17(21-6-8-23-9-7-21)12-20-18(22)11-14-5-10-24-13-14/h1-5,10,13,17H,6-9,11-12H2,(H,20,22)/t17-/m0/s1. The number of amides is 1. The van der Waals surface area contributed by atoms with Gasteiger partial charge in [0.1, 0.15) is 5.82 Å². The van der Waals surface area contributed by atoms with E-state index >= 15 is 0 Å². The van der Waals surface area contributed by atoms with E-state index < -0.39 is 0 Å². The summed E-state index contributed by atoms with van der Waals surface area (Å²) in [5.74, 6) is -0.241. The Balaban J connectivity index is 1.65. The summed E-state index contributed by atoms with van der Waals surface area (Å²) in [6, 6.07) is 8.51. The van der Waals surface area contributed by atoms with Crippen molar-refractivity contribution >= 4 is 17.2 Å². The lowest BCUT2D eigenvalue weighted by atomic mass is 10.0. The van der Waals surface area contributed by atoms with E-state index in [0.29, 0.717) is 26.2 Å².